The van der Waals surface area contributed by atoms with Gasteiger partial charge >= 0.3 is 29.8 Å². The van der Waals surface area contributed by atoms with Crippen molar-refractivity contribution in [3.05, 3.63) is 42.6 Å². The zero-order valence-electron chi connectivity index (χ0n) is 53.5. The lowest BCUT2D eigenvalue weighted by Gasteiger charge is -2.39. The number of piperidine rings is 2. The molecule has 480 valence electrons. The fraction of sp³-hybridized carbons (Fsp3) is 0.767. The number of thiazole rings is 2. The van der Waals surface area contributed by atoms with Gasteiger partial charge in [0.1, 0.15) is 18.1 Å². The van der Waals surface area contributed by atoms with Gasteiger partial charge in [-0.1, -0.05) is 114 Å². The quantitative estimate of drug-likeness (QED) is 0.0183. The van der Waals surface area contributed by atoms with Gasteiger partial charge in [-0.2, -0.15) is 0 Å². The number of carbonyl (C=O) groups is 8. The summed E-state index contributed by atoms with van der Waals surface area (Å²) >= 11 is 2.73. The molecule has 0 bridgehead atoms. The second-order valence-corrected chi connectivity index (χ2v) is 24.9. The van der Waals surface area contributed by atoms with Crippen molar-refractivity contribution < 1.29 is 62.4 Å². The highest BCUT2D eigenvalue weighted by Crippen LogP contribution is 2.33. The lowest BCUT2D eigenvalue weighted by Crippen LogP contribution is -2.59. The van der Waals surface area contributed by atoms with Gasteiger partial charge in [0.15, 0.2) is 24.8 Å². The van der Waals surface area contributed by atoms with Crippen LogP contribution in [0.25, 0.3) is 10.4 Å². The highest BCUT2D eigenvalue weighted by atomic mass is 32.1. The van der Waals surface area contributed by atoms with E-state index in [1.54, 1.807) is 15.7 Å². The maximum Gasteiger partial charge on any atom is 0.357 e. The Morgan fingerprint density at radius 3 is 1.46 bits per heavy atom. The maximum atomic E-state index is 14.3. The zero-order valence-corrected chi connectivity index (χ0v) is 55.1. The first-order chi connectivity index (χ1) is 40.3. The van der Waals surface area contributed by atoms with Crippen LogP contribution in [0.3, 0.4) is 0 Å². The van der Waals surface area contributed by atoms with E-state index in [0.717, 1.165) is 61.6 Å². The molecular weight excluding hydrogens is 1130 g/mol. The largest absolute Gasteiger partial charge is 0.480 e. The molecule has 2 aromatic heterocycles. The van der Waals surface area contributed by atoms with Crippen LogP contribution in [0, 0.1) is 23.7 Å². The molecule has 2 saturated heterocycles. The summed E-state index contributed by atoms with van der Waals surface area (Å²) in [6, 6.07) is -2.78. The van der Waals surface area contributed by atoms with Crippen molar-refractivity contribution in [1.82, 2.24) is 34.9 Å². The molecular formula is C60H100N10O13S2. The standard InChI is InChI=1S/C30H50N4O6S.C23H37N5O5S.C7H13NO2/c1-9-13-25(35)40-18-34(24(19(3)4)16-21(6)28-31-22(17-41-28)30(38)39-8)29(37)26(20(5)10-2)32-27(36)23-14-11-12-15-33(23)7;1-8-10-19(29)33-13-28(22(30)20(26-27-24)15(5)9-2)18(14(3)4)11-16(6)21-25-17(12-34-21)23(31)32-7;1-8-5-3-2-4-6(8)7(9)10/h17,19-21,23-24,26H,9-16,18H2,1-8H3,(H,32,36);12,14-16,18,20H,8-11,13H2,1-7H3;6H,2-5H2,1H3,(H,9,10)/t20?,21-,23?,24-,26+;15?,16-,18-,20+;/m11./s1. The van der Waals surface area contributed by atoms with Crippen LogP contribution in [-0.4, -0.2) is 173 Å². The molecule has 2 aliphatic rings. The van der Waals surface area contributed by atoms with Gasteiger partial charge in [-0.15, -0.1) is 22.7 Å². The fourth-order valence-electron chi connectivity index (χ4n) is 10.1. The number of likely N-dealkylation sites (tertiary alicyclic amines) is 2. The minimum Gasteiger partial charge on any atom is -0.480 e. The van der Waals surface area contributed by atoms with Gasteiger partial charge in [-0.25, -0.2) is 19.6 Å². The van der Waals surface area contributed by atoms with Crippen molar-refractivity contribution in [3.8, 4) is 0 Å². The van der Waals surface area contributed by atoms with Crippen LogP contribution in [0.1, 0.15) is 216 Å². The molecule has 4 unspecified atom stereocenters. The average Bonchev–Trinajstić information content (AvgIpc) is 4.35. The van der Waals surface area contributed by atoms with Crippen molar-refractivity contribution in [1.29, 1.82) is 0 Å². The molecule has 2 fully saturated rings. The van der Waals surface area contributed by atoms with Crippen LogP contribution >= 0.6 is 22.7 Å². The minimum atomic E-state index is -0.901. The van der Waals surface area contributed by atoms with Gasteiger partial charge in [-0.05, 0) is 108 Å². The Balaban J connectivity index is 0.000000503. The highest BCUT2D eigenvalue weighted by Gasteiger charge is 2.39. The number of methoxy groups -OCH3 is 2. The van der Waals surface area contributed by atoms with E-state index in [1.165, 1.54) is 41.8 Å². The van der Waals surface area contributed by atoms with Crippen molar-refractivity contribution >= 4 is 70.2 Å². The Kier molecular flexibility index (Phi) is 34.7. The Morgan fingerprint density at radius 1 is 0.682 bits per heavy atom. The maximum absolute atomic E-state index is 14.3. The summed E-state index contributed by atoms with van der Waals surface area (Å²) in [5, 5.41) is 20.4. The Bertz CT molecular complexity index is 2470. The van der Waals surface area contributed by atoms with Gasteiger partial charge in [-0.3, -0.25) is 38.6 Å². The van der Waals surface area contributed by atoms with E-state index in [2.05, 4.69) is 30.2 Å². The number of nitrogens with zero attached hydrogens (tertiary/aromatic N) is 9. The number of carboxylic acid groups (broad SMARTS) is 1. The monoisotopic (exact) mass is 1230 g/mol. The van der Waals surface area contributed by atoms with E-state index in [-0.39, 0.29) is 127 Å². The molecule has 2 N–H and O–H groups in total. The predicted molar refractivity (Wildman–Crippen MR) is 328 cm³/mol. The van der Waals surface area contributed by atoms with E-state index in [1.807, 2.05) is 102 Å². The van der Waals surface area contributed by atoms with Crippen molar-refractivity contribution in [2.24, 2.45) is 28.8 Å². The third kappa shape index (κ3) is 24.2. The van der Waals surface area contributed by atoms with Gasteiger partial charge < -0.3 is 39.2 Å². The molecule has 10 atom stereocenters. The first kappa shape index (κ1) is 75.3. The molecule has 0 aliphatic carbocycles. The molecule has 2 aliphatic heterocycles. The molecule has 25 heteroatoms. The van der Waals surface area contributed by atoms with E-state index in [0.29, 0.717) is 38.5 Å². The van der Waals surface area contributed by atoms with Gasteiger partial charge in [0.2, 0.25) is 17.7 Å². The summed E-state index contributed by atoms with van der Waals surface area (Å²) in [4.78, 5) is 119. The number of carbonyl (C=O) groups excluding carboxylic acids is 7. The number of hydrogen-bond donors (Lipinski definition) is 2. The second kappa shape index (κ2) is 39.1. The van der Waals surface area contributed by atoms with Gasteiger partial charge in [0.25, 0.3) is 0 Å². The lowest BCUT2D eigenvalue weighted by molar-refractivity contribution is -0.160. The van der Waals surface area contributed by atoms with Crippen LogP contribution in [0.2, 0.25) is 0 Å². The predicted octanol–water partition coefficient (Wildman–Crippen LogP) is 10.5. The molecule has 3 amide bonds. The molecule has 4 rings (SSSR count). The molecule has 0 radical (unpaired) electrons. The van der Waals surface area contributed by atoms with E-state index in [4.69, 9.17) is 29.6 Å². The van der Waals surface area contributed by atoms with E-state index >= 15 is 0 Å². The van der Waals surface area contributed by atoms with Crippen LogP contribution in [-0.2, 0) is 47.7 Å². The Morgan fingerprint density at radius 2 is 1.11 bits per heavy atom. The summed E-state index contributed by atoms with van der Waals surface area (Å²) in [6.07, 6.45) is 10.00. The van der Waals surface area contributed by atoms with E-state index in [9.17, 15) is 38.4 Å². The molecule has 0 aromatic carbocycles. The highest BCUT2D eigenvalue weighted by molar-refractivity contribution is 7.10. The third-order valence-electron chi connectivity index (χ3n) is 15.9. The number of esters is 4. The molecule has 0 saturated carbocycles. The number of carboxylic acids is 1. The van der Waals surface area contributed by atoms with Crippen molar-refractivity contribution in [2.45, 2.75) is 221 Å². The molecule has 2 aromatic rings. The van der Waals surface area contributed by atoms with Crippen LogP contribution < -0.4 is 5.32 Å². The number of nitrogens with one attached hydrogen (secondary N) is 1. The number of rotatable bonds is 30. The summed E-state index contributed by atoms with van der Waals surface area (Å²) in [6.45, 7) is 24.9. The number of aromatic nitrogens is 2. The third-order valence-corrected chi connectivity index (χ3v) is 18.1. The van der Waals surface area contributed by atoms with Gasteiger partial charge in [0.05, 0.1) is 30.3 Å². The Labute approximate surface area is 512 Å². The van der Waals surface area contributed by atoms with Crippen molar-refractivity contribution in [3.63, 3.8) is 0 Å². The first-order valence-corrected chi connectivity index (χ1v) is 32.0. The molecule has 23 nitrogen and oxygen atoms in total. The minimum absolute atomic E-state index is 0.0139. The number of amides is 3. The van der Waals surface area contributed by atoms with Gasteiger partial charge in [0, 0.05) is 52.4 Å². The molecule has 4 heterocycles. The second-order valence-electron chi connectivity index (χ2n) is 23.2. The number of likely N-dealkylation sites (N-methyl/N-ethyl adjacent to an activating group) is 2. The zero-order chi connectivity index (χ0) is 64.1. The Hall–Kier alpha value is -5.75. The van der Waals surface area contributed by atoms with Crippen molar-refractivity contribution in [2.75, 3.05) is 54.9 Å². The summed E-state index contributed by atoms with van der Waals surface area (Å²) < 4.78 is 20.6. The summed E-state index contributed by atoms with van der Waals surface area (Å²) in [5.41, 5.74) is 9.57. The summed E-state index contributed by atoms with van der Waals surface area (Å²) in [5.74, 6) is -3.61. The lowest BCUT2D eigenvalue weighted by atomic mass is 9.90. The number of azide groups is 1. The number of aliphatic carboxylic acids is 1. The smallest absolute Gasteiger partial charge is 0.357 e. The van der Waals surface area contributed by atoms with Crippen LogP contribution in [0.4, 0.5) is 0 Å². The normalized spacial score (nSPS) is 18.1. The number of hydrogen-bond acceptors (Lipinski definition) is 19. The summed E-state index contributed by atoms with van der Waals surface area (Å²) in [7, 11) is 6.45. The first-order valence-electron chi connectivity index (χ1n) is 30.2. The van der Waals surface area contributed by atoms with E-state index < -0.39 is 30.0 Å². The number of ether oxygens (including phenoxy) is 4. The van der Waals surface area contributed by atoms with Crippen LogP contribution in [0.5, 0.6) is 0 Å². The SMILES string of the molecule is CCCC(=O)OCN(C(=O)[C@@H](N=[N+]=[N-])C(C)CC)[C@H](C[C@@H](C)c1nc(C(=O)OC)cs1)C(C)C.CCCC(=O)OCN(C(=O)[C@@H](NC(=O)C1CCCCN1C)C(C)CC)[C@H](C[C@@H](C)c1nc(C(=O)OC)cs1)C(C)C.CN1CCCCC1C(=O)O. The van der Waals surface area contributed by atoms with Crippen LogP contribution in [0.15, 0.2) is 15.9 Å². The topological polar surface area (TPSA) is 293 Å². The molecule has 85 heavy (non-hydrogen) atoms. The average molecular weight is 1230 g/mol. The molecule has 0 spiro atoms. The fourth-order valence-corrected chi connectivity index (χ4v) is 11.8.